The third-order valence-corrected chi connectivity index (χ3v) is 2.93. The zero-order valence-corrected chi connectivity index (χ0v) is 11.4. The van der Waals surface area contributed by atoms with Crippen molar-refractivity contribution in [2.45, 2.75) is 38.8 Å². The summed E-state index contributed by atoms with van der Waals surface area (Å²) in [5.74, 6) is -0.391. The van der Waals surface area contributed by atoms with Gasteiger partial charge in [-0.05, 0) is 30.8 Å². The molecule has 0 fully saturated rings. The van der Waals surface area contributed by atoms with E-state index in [1.165, 1.54) is 0 Å². The van der Waals surface area contributed by atoms with Gasteiger partial charge >= 0.3 is 5.97 Å². The number of carboxylic acid groups (broad SMARTS) is 1. The fraction of sp³-hybridized carbons (Fsp3) is 0.818. The SMILES string of the molecule is CSCC[C@H](NC(=O)[C@H](N)CC(C)C)C(=O)O. The van der Waals surface area contributed by atoms with Crippen molar-refractivity contribution in [1.82, 2.24) is 5.32 Å². The van der Waals surface area contributed by atoms with Gasteiger partial charge < -0.3 is 16.2 Å². The number of carboxylic acids is 1. The molecule has 0 saturated carbocycles. The maximum atomic E-state index is 11.7. The van der Waals surface area contributed by atoms with E-state index in [1.54, 1.807) is 11.8 Å². The molecule has 0 unspecified atom stereocenters. The van der Waals surface area contributed by atoms with Gasteiger partial charge in [0.2, 0.25) is 5.91 Å². The van der Waals surface area contributed by atoms with Gasteiger partial charge in [0.05, 0.1) is 6.04 Å². The van der Waals surface area contributed by atoms with E-state index in [-0.39, 0.29) is 5.91 Å². The monoisotopic (exact) mass is 262 g/mol. The second kappa shape index (κ2) is 8.36. The molecule has 0 aromatic carbocycles. The van der Waals surface area contributed by atoms with Crippen LogP contribution in [-0.2, 0) is 9.59 Å². The van der Waals surface area contributed by atoms with Crippen molar-refractivity contribution in [3.8, 4) is 0 Å². The van der Waals surface area contributed by atoms with Crippen molar-refractivity contribution >= 4 is 23.6 Å². The molecule has 0 aromatic heterocycles. The van der Waals surface area contributed by atoms with Gasteiger partial charge in [0.15, 0.2) is 0 Å². The number of hydrogen-bond donors (Lipinski definition) is 3. The number of carbonyl (C=O) groups excluding carboxylic acids is 1. The number of amides is 1. The first-order chi connectivity index (χ1) is 7.88. The minimum atomic E-state index is -1.01. The highest BCUT2D eigenvalue weighted by Crippen LogP contribution is 2.05. The average molecular weight is 262 g/mol. The number of nitrogens with two attached hydrogens (primary N) is 1. The Morgan fingerprint density at radius 2 is 2.00 bits per heavy atom. The van der Waals surface area contributed by atoms with Crippen LogP contribution in [0.3, 0.4) is 0 Å². The van der Waals surface area contributed by atoms with Crippen LogP contribution in [0.5, 0.6) is 0 Å². The molecule has 0 heterocycles. The molecule has 5 nitrogen and oxygen atoms in total. The molecule has 100 valence electrons. The Morgan fingerprint density at radius 1 is 1.41 bits per heavy atom. The lowest BCUT2D eigenvalue weighted by Crippen LogP contribution is -2.49. The van der Waals surface area contributed by atoms with Gasteiger partial charge in [0.25, 0.3) is 0 Å². The fourth-order valence-corrected chi connectivity index (χ4v) is 1.86. The van der Waals surface area contributed by atoms with E-state index in [1.807, 2.05) is 20.1 Å². The number of nitrogens with one attached hydrogen (secondary N) is 1. The second-order valence-electron chi connectivity index (χ2n) is 4.42. The molecule has 4 N–H and O–H groups in total. The molecular formula is C11H22N2O3S. The number of rotatable bonds is 8. The summed E-state index contributed by atoms with van der Waals surface area (Å²) in [7, 11) is 0. The molecule has 0 aliphatic carbocycles. The summed E-state index contributed by atoms with van der Waals surface area (Å²) >= 11 is 1.55. The summed E-state index contributed by atoms with van der Waals surface area (Å²) in [6.07, 6.45) is 2.86. The lowest BCUT2D eigenvalue weighted by Gasteiger charge is -2.18. The topological polar surface area (TPSA) is 92.4 Å². The molecule has 17 heavy (non-hydrogen) atoms. The van der Waals surface area contributed by atoms with Crippen LogP contribution in [0.2, 0.25) is 0 Å². The molecule has 1 amide bonds. The predicted octanol–water partition coefficient (Wildman–Crippen LogP) is 0.682. The standard InChI is InChI=1S/C11H22N2O3S/c1-7(2)6-8(12)10(14)13-9(11(15)16)4-5-17-3/h7-9H,4-6,12H2,1-3H3,(H,13,14)(H,15,16)/t8-,9+/m1/s1. The van der Waals surface area contributed by atoms with Crippen molar-refractivity contribution in [3.05, 3.63) is 0 Å². The lowest BCUT2D eigenvalue weighted by molar-refractivity contribution is -0.142. The lowest BCUT2D eigenvalue weighted by atomic mass is 10.0. The number of thioether (sulfide) groups is 1. The second-order valence-corrected chi connectivity index (χ2v) is 5.40. The van der Waals surface area contributed by atoms with E-state index in [2.05, 4.69) is 5.32 Å². The molecule has 2 atom stereocenters. The number of carbonyl (C=O) groups is 2. The molecule has 0 spiro atoms. The molecular weight excluding hydrogens is 240 g/mol. The maximum Gasteiger partial charge on any atom is 0.326 e. The van der Waals surface area contributed by atoms with Gasteiger partial charge in [-0.25, -0.2) is 4.79 Å². The summed E-state index contributed by atoms with van der Waals surface area (Å²) in [6.45, 7) is 3.94. The van der Waals surface area contributed by atoms with Crippen LogP contribution in [0.1, 0.15) is 26.7 Å². The fourth-order valence-electron chi connectivity index (χ4n) is 1.39. The summed E-state index contributed by atoms with van der Waals surface area (Å²) in [6, 6.07) is -1.47. The Hall–Kier alpha value is -0.750. The van der Waals surface area contributed by atoms with E-state index in [0.29, 0.717) is 24.5 Å². The third kappa shape index (κ3) is 7.23. The van der Waals surface area contributed by atoms with Crippen molar-refractivity contribution in [3.63, 3.8) is 0 Å². The van der Waals surface area contributed by atoms with Gasteiger partial charge in [-0.3, -0.25) is 4.79 Å². The Bertz CT molecular complexity index is 259. The minimum Gasteiger partial charge on any atom is -0.480 e. The van der Waals surface area contributed by atoms with Gasteiger partial charge in [-0.1, -0.05) is 13.8 Å². The van der Waals surface area contributed by atoms with Crippen molar-refractivity contribution in [2.24, 2.45) is 11.7 Å². The Balaban J connectivity index is 4.24. The van der Waals surface area contributed by atoms with Gasteiger partial charge in [-0.15, -0.1) is 0 Å². The molecule has 0 saturated heterocycles. The average Bonchev–Trinajstić information content (AvgIpc) is 2.22. The van der Waals surface area contributed by atoms with Crippen LogP contribution in [0, 0.1) is 5.92 Å². The van der Waals surface area contributed by atoms with E-state index in [9.17, 15) is 9.59 Å². The van der Waals surface area contributed by atoms with Crippen LogP contribution in [-0.4, -0.2) is 41.1 Å². The molecule has 0 rings (SSSR count). The number of hydrogen-bond acceptors (Lipinski definition) is 4. The summed E-state index contributed by atoms with van der Waals surface area (Å²) in [5.41, 5.74) is 5.69. The van der Waals surface area contributed by atoms with E-state index in [0.717, 1.165) is 0 Å². The molecule has 0 aliphatic rings. The normalized spacial score (nSPS) is 14.4. The Labute approximate surface area is 107 Å². The highest BCUT2D eigenvalue weighted by Gasteiger charge is 2.23. The van der Waals surface area contributed by atoms with E-state index >= 15 is 0 Å². The maximum absolute atomic E-state index is 11.7. The van der Waals surface area contributed by atoms with Crippen LogP contribution in [0.15, 0.2) is 0 Å². The molecule has 0 radical (unpaired) electrons. The Morgan fingerprint density at radius 3 is 2.41 bits per heavy atom. The summed E-state index contributed by atoms with van der Waals surface area (Å²) < 4.78 is 0. The van der Waals surface area contributed by atoms with Crippen LogP contribution < -0.4 is 11.1 Å². The first kappa shape index (κ1) is 16.2. The third-order valence-electron chi connectivity index (χ3n) is 2.29. The van der Waals surface area contributed by atoms with Crippen molar-refractivity contribution in [2.75, 3.05) is 12.0 Å². The molecule has 6 heteroatoms. The van der Waals surface area contributed by atoms with Gasteiger partial charge in [0, 0.05) is 0 Å². The molecule has 0 bridgehead atoms. The van der Waals surface area contributed by atoms with Crippen LogP contribution in [0.25, 0.3) is 0 Å². The van der Waals surface area contributed by atoms with Crippen molar-refractivity contribution < 1.29 is 14.7 Å². The summed E-state index contributed by atoms with van der Waals surface area (Å²) in [4.78, 5) is 22.6. The molecule has 0 aliphatic heterocycles. The first-order valence-electron chi connectivity index (χ1n) is 5.66. The predicted molar refractivity (Wildman–Crippen MR) is 70.0 cm³/mol. The zero-order chi connectivity index (χ0) is 13.4. The van der Waals surface area contributed by atoms with Crippen LogP contribution in [0.4, 0.5) is 0 Å². The largest absolute Gasteiger partial charge is 0.480 e. The number of aliphatic carboxylic acids is 1. The van der Waals surface area contributed by atoms with E-state index in [4.69, 9.17) is 10.8 Å². The smallest absolute Gasteiger partial charge is 0.326 e. The van der Waals surface area contributed by atoms with Crippen molar-refractivity contribution in [1.29, 1.82) is 0 Å². The molecule has 0 aromatic rings. The first-order valence-corrected chi connectivity index (χ1v) is 7.05. The minimum absolute atomic E-state index is 0.310. The quantitative estimate of drug-likeness (QED) is 0.598. The van der Waals surface area contributed by atoms with E-state index < -0.39 is 18.1 Å². The van der Waals surface area contributed by atoms with Gasteiger partial charge in [-0.2, -0.15) is 11.8 Å². The zero-order valence-electron chi connectivity index (χ0n) is 10.6. The Kier molecular flexibility index (Phi) is 7.99. The van der Waals surface area contributed by atoms with Crippen LogP contribution >= 0.6 is 11.8 Å². The highest BCUT2D eigenvalue weighted by molar-refractivity contribution is 7.98. The highest BCUT2D eigenvalue weighted by atomic mass is 32.2. The van der Waals surface area contributed by atoms with Gasteiger partial charge in [0.1, 0.15) is 6.04 Å². The summed E-state index contributed by atoms with van der Waals surface area (Å²) in [5, 5.41) is 11.4.